The highest BCUT2D eigenvalue weighted by molar-refractivity contribution is 5.89. The van der Waals surface area contributed by atoms with Crippen molar-refractivity contribution in [2.24, 2.45) is 7.05 Å². The Balaban J connectivity index is 2.45. The molecule has 1 N–H and O–H groups in total. The standard InChI is InChI=1S/C14H15NO3/c1-3-18-12-5-6-13-10(9-12)8-11(15(13)2)4-7-14(16)17/h4-9H,3H2,1-2H3,(H,16,17)/b7-4+. The maximum atomic E-state index is 10.5. The Kier molecular flexibility index (Phi) is 3.37. The van der Waals surface area contributed by atoms with E-state index in [4.69, 9.17) is 9.84 Å². The van der Waals surface area contributed by atoms with Crippen molar-refractivity contribution in [1.82, 2.24) is 4.57 Å². The molecule has 0 radical (unpaired) electrons. The number of hydrogen-bond acceptors (Lipinski definition) is 2. The Morgan fingerprint density at radius 3 is 2.89 bits per heavy atom. The SMILES string of the molecule is CCOc1ccc2c(c1)cc(/C=C/C(=O)O)n2C. The number of aromatic nitrogens is 1. The summed E-state index contributed by atoms with van der Waals surface area (Å²) in [7, 11) is 1.91. The second-order valence-corrected chi connectivity index (χ2v) is 3.95. The number of aliphatic carboxylic acids is 1. The van der Waals surface area contributed by atoms with Crippen LogP contribution in [0.1, 0.15) is 12.6 Å². The highest BCUT2D eigenvalue weighted by atomic mass is 16.5. The fourth-order valence-corrected chi connectivity index (χ4v) is 1.92. The predicted molar refractivity (Wildman–Crippen MR) is 70.8 cm³/mol. The Labute approximate surface area is 105 Å². The number of ether oxygens (including phenoxy) is 1. The number of aryl methyl sites for hydroxylation is 1. The summed E-state index contributed by atoms with van der Waals surface area (Å²) in [6.45, 7) is 2.57. The molecule has 2 rings (SSSR count). The average Bonchev–Trinajstić information content (AvgIpc) is 2.64. The normalized spacial score (nSPS) is 11.2. The molecule has 94 valence electrons. The molecule has 0 saturated carbocycles. The zero-order valence-electron chi connectivity index (χ0n) is 10.4. The number of carbonyl (C=O) groups is 1. The minimum atomic E-state index is -0.949. The van der Waals surface area contributed by atoms with E-state index < -0.39 is 5.97 Å². The Bertz CT molecular complexity index is 611. The monoisotopic (exact) mass is 245 g/mol. The third-order valence-corrected chi connectivity index (χ3v) is 2.76. The molecular formula is C14H15NO3. The molecule has 1 heterocycles. The molecule has 1 aromatic carbocycles. The number of fused-ring (bicyclic) bond motifs is 1. The van der Waals surface area contributed by atoms with Gasteiger partial charge in [0.05, 0.1) is 6.61 Å². The summed E-state index contributed by atoms with van der Waals surface area (Å²) >= 11 is 0. The number of rotatable bonds is 4. The van der Waals surface area contributed by atoms with Crippen molar-refractivity contribution in [2.45, 2.75) is 6.92 Å². The van der Waals surface area contributed by atoms with E-state index in [0.717, 1.165) is 28.4 Å². The third-order valence-electron chi connectivity index (χ3n) is 2.76. The predicted octanol–water partition coefficient (Wildman–Crippen LogP) is 2.67. The zero-order chi connectivity index (χ0) is 13.1. The first-order valence-electron chi connectivity index (χ1n) is 5.75. The van der Waals surface area contributed by atoms with Gasteiger partial charge in [-0.2, -0.15) is 0 Å². The number of carboxylic acid groups (broad SMARTS) is 1. The van der Waals surface area contributed by atoms with Gasteiger partial charge in [-0.25, -0.2) is 4.79 Å². The molecule has 0 aliphatic heterocycles. The fourth-order valence-electron chi connectivity index (χ4n) is 1.92. The molecule has 2 aromatic rings. The van der Waals surface area contributed by atoms with Gasteiger partial charge in [0.15, 0.2) is 0 Å². The van der Waals surface area contributed by atoms with Gasteiger partial charge >= 0.3 is 5.97 Å². The molecule has 1 aromatic heterocycles. The molecule has 0 amide bonds. The van der Waals surface area contributed by atoms with Crippen LogP contribution >= 0.6 is 0 Å². The van der Waals surface area contributed by atoms with Gasteiger partial charge in [0.25, 0.3) is 0 Å². The summed E-state index contributed by atoms with van der Waals surface area (Å²) in [6.07, 6.45) is 2.72. The summed E-state index contributed by atoms with van der Waals surface area (Å²) in [6, 6.07) is 7.78. The number of nitrogens with zero attached hydrogens (tertiary/aromatic N) is 1. The van der Waals surface area contributed by atoms with Crippen molar-refractivity contribution >= 4 is 22.9 Å². The first-order chi connectivity index (χ1) is 8.61. The second kappa shape index (κ2) is 4.96. The lowest BCUT2D eigenvalue weighted by Crippen LogP contribution is -1.93. The molecule has 4 nitrogen and oxygen atoms in total. The molecule has 0 saturated heterocycles. The summed E-state index contributed by atoms with van der Waals surface area (Å²) < 4.78 is 7.39. The van der Waals surface area contributed by atoms with E-state index in [1.165, 1.54) is 0 Å². The number of benzene rings is 1. The summed E-state index contributed by atoms with van der Waals surface area (Å²) in [5.41, 5.74) is 1.89. The van der Waals surface area contributed by atoms with E-state index in [9.17, 15) is 4.79 Å². The summed E-state index contributed by atoms with van der Waals surface area (Å²) in [5, 5.41) is 9.67. The van der Waals surface area contributed by atoms with Crippen LogP contribution in [0.15, 0.2) is 30.3 Å². The molecule has 0 aliphatic rings. The van der Waals surface area contributed by atoms with Gasteiger partial charge in [0.1, 0.15) is 5.75 Å². The van der Waals surface area contributed by atoms with Crippen molar-refractivity contribution in [1.29, 1.82) is 0 Å². The maximum absolute atomic E-state index is 10.5. The average molecular weight is 245 g/mol. The highest BCUT2D eigenvalue weighted by Gasteiger charge is 2.05. The Hall–Kier alpha value is -2.23. The van der Waals surface area contributed by atoms with Gasteiger partial charge in [0, 0.05) is 29.7 Å². The number of hydrogen-bond donors (Lipinski definition) is 1. The quantitative estimate of drug-likeness (QED) is 0.842. The van der Waals surface area contributed by atoms with E-state index in [1.807, 2.05) is 42.8 Å². The lowest BCUT2D eigenvalue weighted by Gasteiger charge is -2.03. The fraction of sp³-hybridized carbons (Fsp3) is 0.214. The Morgan fingerprint density at radius 2 is 2.22 bits per heavy atom. The molecular weight excluding hydrogens is 230 g/mol. The molecule has 0 bridgehead atoms. The lowest BCUT2D eigenvalue weighted by atomic mass is 10.2. The van der Waals surface area contributed by atoms with Crippen molar-refractivity contribution in [3.63, 3.8) is 0 Å². The van der Waals surface area contributed by atoms with E-state index in [2.05, 4.69) is 0 Å². The van der Waals surface area contributed by atoms with Gasteiger partial charge in [0.2, 0.25) is 0 Å². The van der Waals surface area contributed by atoms with Crippen LogP contribution < -0.4 is 4.74 Å². The highest BCUT2D eigenvalue weighted by Crippen LogP contribution is 2.24. The molecule has 0 spiro atoms. The molecule has 0 unspecified atom stereocenters. The summed E-state index contributed by atoms with van der Waals surface area (Å²) in [5.74, 6) is -0.125. The van der Waals surface area contributed by atoms with Crippen LogP contribution in [-0.2, 0) is 11.8 Å². The number of carboxylic acids is 1. The van der Waals surface area contributed by atoms with Crippen LogP contribution in [0.4, 0.5) is 0 Å². The van der Waals surface area contributed by atoms with Crippen LogP contribution in [0.3, 0.4) is 0 Å². The smallest absolute Gasteiger partial charge is 0.328 e. The molecule has 4 heteroatoms. The van der Waals surface area contributed by atoms with Crippen molar-refractivity contribution in [3.05, 3.63) is 36.0 Å². The molecule has 0 atom stereocenters. The minimum Gasteiger partial charge on any atom is -0.494 e. The third kappa shape index (κ3) is 2.37. The van der Waals surface area contributed by atoms with Crippen LogP contribution in [0.25, 0.3) is 17.0 Å². The first kappa shape index (κ1) is 12.2. The van der Waals surface area contributed by atoms with E-state index >= 15 is 0 Å². The van der Waals surface area contributed by atoms with Crippen LogP contribution in [0.5, 0.6) is 5.75 Å². The van der Waals surface area contributed by atoms with E-state index in [1.54, 1.807) is 6.08 Å². The van der Waals surface area contributed by atoms with Gasteiger partial charge < -0.3 is 14.4 Å². The molecule has 0 aliphatic carbocycles. The van der Waals surface area contributed by atoms with Crippen molar-refractivity contribution in [3.8, 4) is 5.75 Å². The van der Waals surface area contributed by atoms with Crippen LogP contribution in [0.2, 0.25) is 0 Å². The Morgan fingerprint density at radius 1 is 1.44 bits per heavy atom. The maximum Gasteiger partial charge on any atom is 0.328 e. The summed E-state index contributed by atoms with van der Waals surface area (Å²) in [4.78, 5) is 10.5. The van der Waals surface area contributed by atoms with Gasteiger partial charge in [-0.15, -0.1) is 0 Å². The van der Waals surface area contributed by atoms with Gasteiger partial charge in [-0.1, -0.05) is 0 Å². The largest absolute Gasteiger partial charge is 0.494 e. The second-order valence-electron chi connectivity index (χ2n) is 3.95. The lowest BCUT2D eigenvalue weighted by molar-refractivity contribution is -0.131. The first-order valence-corrected chi connectivity index (χ1v) is 5.75. The van der Waals surface area contributed by atoms with Gasteiger partial charge in [-0.3, -0.25) is 0 Å². The van der Waals surface area contributed by atoms with Gasteiger partial charge in [-0.05, 0) is 37.3 Å². The van der Waals surface area contributed by atoms with E-state index in [0.29, 0.717) is 6.61 Å². The topological polar surface area (TPSA) is 51.5 Å². The molecule has 0 fully saturated rings. The van der Waals surface area contributed by atoms with Crippen LogP contribution in [-0.4, -0.2) is 22.2 Å². The molecule has 18 heavy (non-hydrogen) atoms. The van der Waals surface area contributed by atoms with Crippen molar-refractivity contribution in [2.75, 3.05) is 6.61 Å². The van der Waals surface area contributed by atoms with Crippen LogP contribution in [0, 0.1) is 0 Å². The van der Waals surface area contributed by atoms with E-state index in [-0.39, 0.29) is 0 Å². The zero-order valence-corrected chi connectivity index (χ0v) is 10.4. The van der Waals surface area contributed by atoms with Crippen molar-refractivity contribution < 1.29 is 14.6 Å². The minimum absolute atomic E-state index is 0.629.